The number of likely N-dealkylation sites (N-methyl/N-ethyl adjacent to an activating group) is 1. The number of amides is 1. The molecule has 0 N–H and O–H groups in total. The van der Waals surface area contributed by atoms with Crippen LogP contribution in [-0.2, 0) is 17.9 Å². The van der Waals surface area contributed by atoms with Crippen LogP contribution in [0, 0.1) is 0 Å². The number of carbonyl (C=O) groups excluding carboxylic acids is 1. The SMILES string of the molecule is CCN(Cc1ccccc1)C(=O)Cn1cnc(-c2cccs2)cc1=O. The number of carbonyl (C=O) groups is 1. The Bertz CT molecular complexity index is 889. The van der Waals surface area contributed by atoms with E-state index in [1.807, 2.05) is 54.8 Å². The average molecular weight is 353 g/mol. The summed E-state index contributed by atoms with van der Waals surface area (Å²) in [5, 5.41) is 1.94. The van der Waals surface area contributed by atoms with E-state index in [1.165, 1.54) is 28.3 Å². The zero-order valence-corrected chi connectivity index (χ0v) is 14.8. The van der Waals surface area contributed by atoms with Crippen molar-refractivity contribution in [3.8, 4) is 10.6 Å². The minimum atomic E-state index is -0.220. The Labute approximate surface area is 150 Å². The molecule has 25 heavy (non-hydrogen) atoms. The lowest BCUT2D eigenvalue weighted by Gasteiger charge is -2.21. The second-order valence-corrected chi connectivity index (χ2v) is 6.56. The second-order valence-electron chi connectivity index (χ2n) is 5.61. The average Bonchev–Trinajstić information content (AvgIpc) is 3.17. The molecule has 0 saturated heterocycles. The van der Waals surface area contributed by atoms with E-state index >= 15 is 0 Å². The van der Waals surface area contributed by atoms with Gasteiger partial charge in [-0.25, -0.2) is 4.98 Å². The molecular weight excluding hydrogens is 334 g/mol. The molecule has 0 bridgehead atoms. The predicted octanol–water partition coefficient (Wildman–Crippen LogP) is 3.02. The van der Waals surface area contributed by atoms with Gasteiger partial charge in [0.2, 0.25) is 5.91 Å². The standard InChI is InChI=1S/C19H19N3O2S/c1-2-21(12-15-7-4-3-5-8-15)19(24)13-22-14-20-16(11-18(22)23)17-9-6-10-25-17/h3-11,14H,2,12-13H2,1H3. The van der Waals surface area contributed by atoms with E-state index < -0.39 is 0 Å². The maximum atomic E-state index is 12.6. The second kappa shape index (κ2) is 7.90. The largest absolute Gasteiger partial charge is 0.337 e. The number of hydrogen-bond donors (Lipinski definition) is 0. The van der Waals surface area contributed by atoms with Gasteiger partial charge in [0.25, 0.3) is 5.56 Å². The van der Waals surface area contributed by atoms with Gasteiger partial charge in [-0.1, -0.05) is 36.4 Å². The summed E-state index contributed by atoms with van der Waals surface area (Å²) in [5.41, 5.74) is 1.49. The van der Waals surface area contributed by atoms with Crippen molar-refractivity contribution in [2.45, 2.75) is 20.0 Å². The summed E-state index contributed by atoms with van der Waals surface area (Å²) in [7, 11) is 0. The van der Waals surface area contributed by atoms with Gasteiger partial charge in [0.15, 0.2) is 0 Å². The molecule has 0 fully saturated rings. The van der Waals surface area contributed by atoms with E-state index in [2.05, 4.69) is 4.98 Å². The van der Waals surface area contributed by atoms with Crippen LogP contribution in [0.3, 0.4) is 0 Å². The lowest BCUT2D eigenvalue weighted by molar-refractivity contribution is -0.132. The summed E-state index contributed by atoms with van der Waals surface area (Å²) in [6.07, 6.45) is 1.45. The Hall–Kier alpha value is -2.73. The van der Waals surface area contributed by atoms with Crippen LogP contribution in [0.25, 0.3) is 10.6 Å². The van der Waals surface area contributed by atoms with E-state index in [0.717, 1.165) is 10.4 Å². The molecule has 0 saturated carbocycles. The van der Waals surface area contributed by atoms with Gasteiger partial charge in [-0.05, 0) is 23.9 Å². The van der Waals surface area contributed by atoms with Crippen molar-refractivity contribution in [2.75, 3.05) is 6.54 Å². The molecule has 6 heteroatoms. The summed E-state index contributed by atoms with van der Waals surface area (Å²) in [6.45, 7) is 3.05. The highest BCUT2D eigenvalue weighted by Gasteiger charge is 2.14. The molecule has 3 rings (SSSR count). The van der Waals surface area contributed by atoms with Gasteiger partial charge >= 0.3 is 0 Å². The molecule has 1 aromatic carbocycles. The smallest absolute Gasteiger partial charge is 0.254 e. The summed E-state index contributed by atoms with van der Waals surface area (Å²) in [6, 6.07) is 15.1. The van der Waals surface area contributed by atoms with Gasteiger partial charge in [-0.15, -0.1) is 11.3 Å². The van der Waals surface area contributed by atoms with Gasteiger partial charge in [0.1, 0.15) is 6.54 Å². The molecule has 0 spiro atoms. The predicted molar refractivity (Wildman–Crippen MR) is 99.3 cm³/mol. The first-order valence-electron chi connectivity index (χ1n) is 8.09. The fourth-order valence-corrected chi connectivity index (χ4v) is 3.22. The molecule has 0 aliphatic heterocycles. The van der Waals surface area contributed by atoms with E-state index in [1.54, 1.807) is 4.90 Å². The highest BCUT2D eigenvalue weighted by Crippen LogP contribution is 2.20. The molecule has 0 unspecified atom stereocenters. The molecule has 0 aliphatic rings. The van der Waals surface area contributed by atoms with Crippen molar-refractivity contribution < 1.29 is 4.79 Å². The van der Waals surface area contributed by atoms with Crippen LogP contribution in [0.1, 0.15) is 12.5 Å². The van der Waals surface area contributed by atoms with Crippen molar-refractivity contribution in [1.29, 1.82) is 0 Å². The summed E-state index contributed by atoms with van der Waals surface area (Å²) in [4.78, 5) is 31.8. The Kier molecular flexibility index (Phi) is 5.40. The third kappa shape index (κ3) is 4.22. The quantitative estimate of drug-likeness (QED) is 0.684. The van der Waals surface area contributed by atoms with Crippen LogP contribution in [0.15, 0.2) is 65.0 Å². The van der Waals surface area contributed by atoms with Crippen molar-refractivity contribution in [1.82, 2.24) is 14.5 Å². The third-order valence-corrected chi connectivity index (χ3v) is 4.80. The van der Waals surface area contributed by atoms with Gasteiger partial charge in [-0.2, -0.15) is 0 Å². The molecule has 0 radical (unpaired) electrons. The first-order valence-corrected chi connectivity index (χ1v) is 8.97. The Morgan fingerprint density at radius 3 is 2.64 bits per heavy atom. The normalized spacial score (nSPS) is 10.6. The van der Waals surface area contributed by atoms with Gasteiger partial charge in [0.05, 0.1) is 16.9 Å². The van der Waals surface area contributed by atoms with Gasteiger partial charge in [-0.3, -0.25) is 14.2 Å². The van der Waals surface area contributed by atoms with Crippen molar-refractivity contribution in [2.24, 2.45) is 0 Å². The van der Waals surface area contributed by atoms with E-state index in [0.29, 0.717) is 18.8 Å². The molecule has 0 aliphatic carbocycles. The zero-order chi connectivity index (χ0) is 17.6. The van der Waals surface area contributed by atoms with Crippen LogP contribution in [0.4, 0.5) is 0 Å². The van der Waals surface area contributed by atoms with Crippen molar-refractivity contribution >= 4 is 17.2 Å². The molecule has 1 amide bonds. The van der Waals surface area contributed by atoms with Crippen molar-refractivity contribution in [3.05, 3.63) is 76.2 Å². The number of thiophene rings is 1. The molecule has 2 aromatic heterocycles. The lowest BCUT2D eigenvalue weighted by Crippen LogP contribution is -2.36. The molecule has 3 aromatic rings. The number of benzene rings is 1. The maximum absolute atomic E-state index is 12.6. The summed E-state index contributed by atoms with van der Waals surface area (Å²) >= 11 is 1.53. The van der Waals surface area contributed by atoms with Crippen molar-refractivity contribution in [3.63, 3.8) is 0 Å². The minimum absolute atomic E-state index is 0.00275. The maximum Gasteiger partial charge on any atom is 0.254 e. The van der Waals surface area contributed by atoms with Crippen LogP contribution in [0.2, 0.25) is 0 Å². The highest BCUT2D eigenvalue weighted by atomic mass is 32.1. The molecule has 5 nitrogen and oxygen atoms in total. The van der Waals surface area contributed by atoms with Gasteiger partial charge < -0.3 is 4.90 Å². The monoisotopic (exact) mass is 353 g/mol. The number of hydrogen-bond acceptors (Lipinski definition) is 4. The Morgan fingerprint density at radius 1 is 1.20 bits per heavy atom. The fourth-order valence-electron chi connectivity index (χ4n) is 2.53. The highest BCUT2D eigenvalue weighted by molar-refractivity contribution is 7.13. The van der Waals surface area contributed by atoms with Crippen LogP contribution in [0.5, 0.6) is 0 Å². The topological polar surface area (TPSA) is 55.2 Å². The molecule has 0 atom stereocenters. The summed E-state index contributed by atoms with van der Waals surface area (Å²) < 4.78 is 1.35. The summed E-state index contributed by atoms with van der Waals surface area (Å²) in [5.74, 6) is -0.0980. The van der Waals surface area contributed by atoms with E-state index in [4.69, 9.17) is 0 Å². The van der Waals surface area contributed by atoms with Crippen LogP contribution in [-0.4, -0.2) is 26.9 Å². The fraction of sp³-hybridized carbons (Fsp3) is 0.211. The molecular formula is C19H19N3O2S. The minimum Gasteiger partial charge on any atom is -0.337 e. The van der Waals surface area contributed by atoms with Crippen LogP contribution < -0.4 is 5.56 Å². The Balaban J connectivity index is 1.72. The lowest BCUT2D eigenvalue weighted by atomic mass is 10.2. The zero-order valence-electron chi connectivity index (χ0n) is 14.0. The van der Waals surface area contributed by atoms with E-state index in [-0.39, 0.29) is 18.0 Å². The number of rotatable bonds is 6. The molecule has 2 heterocycles. The number of aromatic nitrogens is 2. The van der Waals surface area contributed by atoms with Gasteiger partial charge in [0, 0.05) is 19.2 Å². The third-order valence-electron chi connectivity index (χ3n) is 3.91. The first-order chi connectivity index (χ1) is 12.2. The first kappa shape index (κ1) is 17.1. The van der Waals surface area contributed by atoms with E-state index in [9.17, 15) is 9.59 Å². The van der Waals surface area contributed by atoms with Crippen LogP contribution >= 0.6 is 11.3 Å². The Morgan fingerprint density at radius 2 is 2.00 bits per heavy atom. The number of nitrogens with zero attached hydrogens (tertiary/aromatic N) is 3. The molecule has 128 valence electrons.